The molecule has 1 aromatic heterocycles. The molecular formula is C24H26N2O3. The number of benzene rings is 2. The number of hydrogen-bond acceptors (Lipinski definition) is 3. The van der Waals surface area contributed by atoms with E-state index in [1.54, 1.807) is 0 Å². The molecule has 0 saturated carbocycles. The zero-order valence-corrected chi connectivity index (χ0v) is 16.5. The summed E-state index contributed by atoms with van der Waals surface area (Å²) in [5.41, 5.74) is 3.45. The molecule has 2 aliphatic heterocycles. The van der Waals surface area contributed by atoms with Gasteiger partial charge in [0.2, 0.25) is 5.91 Å². The Morgan fingerprint density at radius 1 is 1.00 bits per heavy atom. The van der Waals surface area contributed by atoms with Gasteiger partial charge in [0.05, 0.1) is 13.2 Å². The lowest BCUT2D eigenvalue weighted by atomic mass is 9.87. The van der Waals surface area contributed by atoms with Gasteiger partial charge in [0, 0.05) is 55.4 Å². The van der Waals surface area contributed by atoms with Gasteiger partial charge in [-0.1, -0.05) is 48.5 Å². The smallest absolute Gasteiger partial charge is 0.223 e. The van der Waals surface area contributed by atoms with Crippen LogP contribution in [0, 0.1) is 0 Å². The van der Waals surface area contributed by atoms with Gasteiger partial charge in [0.1, 0.15) is 0 Å². The first-order valence-electron chi connectivity index (χ1n) is 10.4. The first-order chi connectivity index (χ1) is 14.2. The molecule has 1 amide bonds. The average Bonchev–Trinajstić information content (AvgIpc) is 3.40. The van der Waals surface area contributed by atoms with Gasteiger partial charge in [0.15, 0.2) is 5.79 Å². The Kier molecular flexibility index (Phi) is 4.86. The molecule has 2 fully saturated rings. The third-order valence-electron chi connectivity index (χ3n) is 6.27. The predicted molar refractivity (Wildman–Crippen MR) is 112 cm³/mol. The van der Waals surface area contributed by atoms with E-state index in [2.05, 4.69) is 41.5 Å². The van der Waals surface area contributed by atoms with Crippen molar-refractivity contribution in [3.63, 3.8) is 0 Å². The monoisotopic (exact) mass is 390 g/mol. The second-order valence-corrected chi connectivity index (χ2v) is 7.95. The quantitative estimate of drug-likeness (QED) is 0.731. The first kappa shape index (κ1) is 18.4. The Bertz CT molecular complexity index is 982. The highest BCUT2D eigenvalue weighted by Gasteiger charge is 2.41. The van der Waals surface area contributed by atoms with Crippen LogP contribution in [-0.4, -0.2) is 47.9 Å². The number of aromatic nitrogens is 1. The third kappa shape index (κ3) is 3.56. The van der Waals surface area contributed by atoms with E-state index in [0.29, 0.717) is 32.7 Å². The maximum absolute atomic E-state index is 13.3. The highest BCUT2D eigenvalue weighted by molar-refractivity contribution is 5.86. The van der Waals surface area contributed by atoms with Crippen molar-refractivity contribution >= 4 is 16.8 Å². The molecule has 5 heteroatoms. The Balaban J connectivity index is 1.38. The Morgan fingerprint density at radius 3 is 2.45 bits per heavy atom. The van der Waals surface area contributed by atoms with Gasteiger partial charge in [-0.05, 0) is 17.2 Å². The van der Waals surface area contributed by atoms with Crippen LogP contribution in [0.4, 0.5) is 0 Å². The molecule has 2 aliphatic rings. The molecule has 0 radical (unpaired) electrons. The second-order valence-electron chi connectivity index (χ2n) is 7.95. The van der Waals surface area contributed by atoms with Gasteiger partial charge in [0.25, 0.3) is 0 Å². The number of H-pyrrole nitrogens is 1. The van der Waals surface area contributed by atoms with Crippen molar-refractivity contribution in [1.29, 1.82) is 0 Å². The number of nitrogens with one attached hydrogen (secondary N) is 1. The van der Waals surface area contributed by atoms with Crippen molar-refractivity contribution < 1.29 is 14.3 Å². The summed E-state index contributed by atoms with van der Waals surface area (Å²) < 4.78 is 11.6. The molecule has 1 spiro atoms. The van der Waals surface area contributed by atoms with Crippen molar-refractivity contribution in [3.05, 3.63) is 71.9 Å². The van der Waals surface area contributed by atoms with E-state index < -0.39 is 5.79 Å². The number of carbonyl (C=O) groups is 1. The molecule has 29 heavy (non-hydrogen) atoms. The van der Waals surface area contributed by atoms with E-state index in [1.165, 1.54) is 16.5 Å². The number of carbonyl (C=O) groups excluding carboxylic acids is 1. The van der Waals surface area contributed by atoms with Crippen LogP contribution < -0.4 is 0 Å². The van der Waals surface area contributed by atoms with Crippen molar-refractivity contribution in [2.24, 2.45) is 0 Å². The Morgan fingerprint density at radius 2 is 1.69 bits per heavy atom. The number of aromatic amines is 1. The van der Waals surface area contributed by atoms with E-state index in [-0.39, 0.29) is 11.8 Å². The largest absolute Gasteiger partial charge is 0.361 e. The van der Waals surface area contributed by atoms with Crippen molar-refractivity contribution in [3.8, 4) is 0 Å². The normalized spacial score (nSPS) is 19.7. The molecule has 3 aromatic rings. The van der Waals surface area contributed by atoms with Crippen LogP contribution in [-0.2, 0) is 14.3 Å². The van der Waals surface area contributed by atoms with E-state index >= 15 is 0 Å². The van der Waals surface area contributed by atoms with E-state index in [4.69, 9.17) is 9.47 Å². The van der Waals surface area contributed by atoms with Crippen LogP contribution >= 0.6 is 0 Å². The maximum Gasteiger partial charge on any atom is 0.223 e. The van der Waals surface area contributed by atoms with Gasteiger partial charge in [-0.2, -0.15) is 0 Å². The number of piperidine rings is 1. The summed E-state index contributed by atoms with van der Waals surface area (Å²) in [4.78, 5) is 18.6. The number of amides is 1. The molecule has 3 heterocycles. The number of rotatable bonds is 4. The number of likely N-dealkylation sites (tertiary alicyclic amines) is 1. The van der Waals surface area contributed by atoms with E-state index in [0.717, 1.165) is 18.4 Å². The van der Waals surface area contributed by atoms with Gasteiger partial charge >= 0.3 is 0 Å². The minimum Gasteiger partial charge on any atom is -0.361 e. The van der Waals surface area contributed by atoms with Gasteiger partial charge in [-0.15, -0.1) is 0 Å². The SMILES string of the molecule is O=C(CC(c1ccccc1)c1c[nH]c2ccccc12)N1CCC2(CC1)OCCO2. The van der Waals surface area contributed by atoms with Crippen molar-refractivity contribution in [1.82, 2.24) is 9.88 Å². The lowest BCUT2D eigenvalue weighted by Crippen LogP contribution is -2.47. The fourth-order valence-electron chi connectivity index (χ4n) is 4.66. The van der Waals surface area contributed by atoms with Gasteiger partial charge < -0.3 is 19.4 Å². The predicted octanol–water partition coefficient (Wildman–Crippen LogP) is 4.06. The summed E-state index contributed by atoms with van der Waals surface area (Å²) in [7, 11) is 0. The van der Waals surface area contributed by atoms with Crippen LogP contribution in [0.3, 0.4) is 0 Å². The average molecular weight is 390 g/mol. The number of hydrogen-bond donors (Lipinski definition) is 1. The highest BCUT2D eigenvalue weighted by atomic mass is 16.7. The molecule has 0 bridgehead atoms. The Labute approximate surface area is 170 Å². The zero-order chi connectivity index (χ0) is 19.7. The van der Waals surface area contributed by atoms with Crippen LogP contribution in [0.25, 0.3) is 10.9 Å². The zero-order valence-electron chi connectivity index (χ0n) is 16.5. The summed E-state index contributed by atoms with van der Waals surface area (Å²) in [6.45, 7) is 2.69. The number of para-hydroxylation sites is 1. The topological polar surface area (TPSA) is 54.6 Å². The van der Waals surface area contributed by atoms with Crippen LogP contribution in [0.1, 0.15) is 36.3 Å². The fourth-order valence-corrected chi connectivity index (χ4v) is 4.66. The summed E-state index contributed by atoms with van der Waals surface area (Å²) >= 11 is 0. The standard InChI is InChI=1S/C24H26N2O3/c27-23(26-12-10-24(11-13-26)28-14-15-29-24)16-20(18-6-2-1-3-7-18)21-17-25-22-9-5-4-8-19(21)22/h1-9,17,20,25H,10-16H2. The van der Waals surface area contributed by atoms with Crippen molar-refractivity contribution in [2.75, 3.05) is 26.3 Å². The van der Waals surface area contributed by atoms with Crippen LogP contribution in [0.15, 0.2) is 60.8 Å². The van der Waals surface area contributed by atoms with E-state index in [1.807, 2.05) is 29.2 Å². The fraction of sp³-hybridized carbons (Fsp3) is 0.375. The molecule has 1 N–H and O–H groups in total. The summed E-state index contributed by atoms with van der Waals surface area (Å²) in [6.07, 6.45) is 4.02. The lowest BCUT2D eigenvalue weighted by Gasteiger charge is -2.38. The lowest BCUT2D eigenvalue weighted by molar-refractivity contribution is -0.187. The maximum atomic E-state index is 13.3. The molecule has 2 aromatic carbocycles. The third-order valence-corrected chi connectivity index (χ3v) is 6.27. The summed E-state index contributed by atoms with van der Waals surface area (Å²) in [6, 6.07) is 18.6. The summed E-state index contributed by atoms with van der Waals surface area (Å²) in [5, 5.41) is 1.18. The molecule has 2 saturated heterocycles. The highest BCUT2D eigenvalue weighted by Crippen LogP contribution is 2.35. The molecule has 0 aliphatic carbocycles. The Hall–Kier alpha value is -2.63. The number of ether oxygens (including phenoxy) is 2. The second kappa shape index (κ2) is 7.65. The molecule has 1 atom stereocenters. The molecule has 150 valence electrons. The first-order valence-corrected chi connectivity index (χ1v) is 10.4. The molecule has 5 nitrogen and oxygen atoms in total. The molecule has 1 unspecified atom stereocenters. The molecular weight excluding hydrogens is 364 g/mol. The van der Waals surface area contributed by atoms with Gasteiger partial charge in [-0.3, -0.25) is 4.79 Å². The number of fused-ring (bicyclic) bond motifs is 1. The minimum absolute atomic E-state index is 0.0229. The van der Waals surface area contributed by atoms with Crippen molar-refractivity contribution in [2.45, 2.75) is 31.0 Å². The van der Waals surface area contributed by atoms with Crippen LogP contribution in [0.2, 0.25) is 0 Å². The minimum atomic E-state index is -0.452. The molecule has 5 rings (SSSR count). The summed E-state index contributed by atoms with van der Waals surface area (Å²) in [5.74, 6) is -0.237. The van der Waals surface area contributed by atoms with E-state index in [9.17, 15) is 4.79 Å². The van der Waals surface area contributed by atoms with Crippen LogP contribution in [0.5, 0.6) is 0 Å². The number of nitrogens with zero attached hydrogens (tertiary/aromatic N) is 1. The van der Waals surface area contributed by atoms with Gasteiger partial charge in [-0.25, -0.2) is 0 Å².